The van der Waals surface area contributed by atoms with Crippen LogP contribution in [-0.4, -0.2) is 37.0 Å². The minimum Gasteiger partial charge on any atom is -0.344 e. The fraction of sp³-hybridized carbons (Fsp3) is 0.769. The summed E-state index contributed by atoms with van der Waals surface area (Å²) in [6.45, 7) is 5.17. The number of rotatable bonds is 4. The van der Waals surface area contributed by atoms with E-state index in [0.29, 0.717) is 13.1 Å². The lowest BCUT2D eigenvalue weighted by Crippen LogP contribution is -2.37. The second kappa shape index (κ2) is 7.29. The third kappa shape index (κ3) is 4.67. The van der Waals surface area contributed by atoms with Crippen molar-refractivity contribution in [1.29, 1.82) is 0 Å². The lowest BCUT2D eigenvalue weighted by molar-refractivity contribution is -0.122. The zero-order valence-electron chi connectivity index (χ0n) is 10.2. The van der Waals surface area contributed by atoms with Crippen molar-refractivity contribution >= 4 is 5.91 Å². The van der Waals surface area contributed by atoms with Gasteiger partial charge in [-0.15, -0.1) is 6.42 Å². The molecule has 3 nitrogen and oxygen atoms in total. The average Bonchev–Trinajstić information content (AvgIpc) is 2.51. The minimum absolute atomic E-state index is 0.0490. The highest BCUT2D eigenvalue weighted by molar-refractivity contribution is 5.78. The molecule has 1 unspecified atom stereocenters. The first-order chi connectivity index (χ1) is 7.76. The van der Waals surface area contributed by atoms with Gasteiger partial charge in [-0.25, -0.2) is 0 Å². The van der Waals surface area contributed by atoms with Gasteiger partial charge in [-0.3, -0.25) is 9.69 Å². The second-order valence-corrected chi connectivity index (χ2v) is 4.46. The van der Waals surface area contributed by atoms with Gasteiger partial charge in [0, 0.05) is 0 Å². The number of hydrogen-bond acceptors (Lipinski definition) is 2. The molecule has 3 heteroatoms. The number of carbonyl (C=O) groups excluding carboxylic acids is 1. The van der Waals surface area contributed by atoms with E-state index in [4.69, 9.17) is 6.42 Å². The van der Waals surface area contributed by atoms with Crippen LogP contribution in [0.3, 0.4) is 0 Å². The van der Waals surface area contributed by atoms with Gasteiger partial charge in [-0.05, 0) is 38.3 Å². The molecule has 1 saturated heterocycles. The SMILES string of the molecule is C#CCNC(=O)CN1CCCC(CC)CC1. The molecule has 0 bridgehead atoms. The van der Waals surface area contributed by atoms with E-state index >= 15 is 0 Å². The van der Waals surface area contributed by atoms with Crippen LogP contribution in [0.4, 0.5) is 0 Å². The zero-order valence-corrected chi connectivity index (χ0v) is 10.2. The van der Waals surface area contributed by atoms with Crippen molar-refractivity contribution in [2.24, 2.45) is 5.92 Å². The summed E-state index contributed by atoms with van der Waals surface area (Å²) in [5, 5.41) is 2.71. The average molecular weight is 222 g/mol. The predicted octanol–water partition coefficient (Wildman–Crippen LogP) is 1.25. The molecule has 1 heterocycles. The quantitative estimate of drug-likeness (QED) is 0.726. The summed E-state index contributed by atoms with van der Waals surface area (Å²) in [6.07, 6.45) is 10.1. The summed E-state index contributed by atoms with van der Waals surface area (Å²) >= 11 is 0. The van der Waals surface area contributed by atoms with Gasteiger partial charge in [-0.2, -0.15) is 0 Å². The van der Waals surface area contributed by atoms with E-state index in [1.807, 2.05) is 0 Å². The van der Waals surface area contributed by atoms with Gasteiger partial charge in [0.15, 0.2) is 0 Å². The standard InChI is InChI=1S/C13H22N2O/c1-3-8-14-13(16)11-15-9-5-6-12(4-2)7-10-15/h1,12H,4-11H2,2H3,(H,14,16). The number of likely N-dealkylation sites (tertiary alicyclic amines) is 1. The fourth-order valence-corrected chi connectivity index (χ4v) is 2.20. The Morgan fingerprint density at radius 2 is 2.31 bits per heavy atom. The lowest BCUT2D eigenvalue weighted by Gasteiger charge is -2.19. The van der Waals surface area contributed by atoms with E-state index in [2.05, 4.69) is 23.1 Å². The van der Waals surface area contributed by atoms with E-state index in [1.54, 1.807) is 0 Å². The Bertz CT molecular complexity index is 257. The molecule has 0 aromatic carbocycles. The third-order valence-corrected chi connectivity index (χ3v) is 3.27. The number of nitrogens with one attached hydrogen (secondary N) is 1. The third-order valence-electron chi connectivity index (χ3n) is 3.27. The van der Waals surface area contributed by atoms with Gasteiger partial charge >= 0.3 is 0 Å². The van der Waals surface area contributed by atoms with E-state index in [0.717, 1.165) is 19.0 Å². The normalized spacial score (nSPS) is 22.1. The first-order valence-electron chi connectivity index (χ1n) is 6.18. The highest BCUT2D eigenvalue weighted by Gasteiger charge is 2.17. The van der Waals surface area contributed by atoms with Crippen LogP contribution in [0, 0.1) is 18.3 Å². The molecule has 16 heavy (non-hydrogen) atoms. The maximum Gasteiger partial charge on any atom is 0.234 e. The topological polar surface area (TPSA) is 32.3 Å². The van der Waals surface area contributed by atoms with Gasteiger partial charge in [0.05, 0.1) is 13.1 Å². The van der Waals surface area contributed by atoms with Gasteiger partial charge in [0.25, 0.3) is 0 Å². The van der Waals surface area contributed by atoms with Crippen molar-refractivity contribution < 1.29 is 4.79 Å². The number of amides is 1. The number of terminal acetylenes is 1. The first-order valence-corrected chi connectivity index (χ1v) is 6.18. The monoisotopic (exact) mass is 222 g/mol. The molecule has 1 aliphatic heterocycles. The Balaban J connectivity index is 2.27. The molecule has 1 aliphatic rings. The molecule has 1 atom stereocenters. The number of nitrogens with zero attached hydrogens (tertiary/aromatic N) is 1. The predicted molar refractivity (Wildman–Crippen MR) is 65.9 cm³/mol. The summed E-state index contributed by atoms with van der Waals surface area (Å²) in [6, 6.07) is 0. The Labute approximate surface area is 98.6 Å². The number of carbonyl (C=O) groups is 1. The summed E-state index contributed by atoms with van der Waals surface area (Å²) in [5.41, 5.74) is 0. The van der Waals surface area contributed by atoms with E-state index in [-0.39, 0.29) is 5.91 Å². The second-order valence-electron chi connectivity index (χ2n) is 4.46. The van der Waals surface area contributed by atoms with Crippen molar-refractivity contribution in [2.45, 2.75) is 32.6 Å². The summed E-state index contributed by atoms with van der Waals surface area (Å²) in [7, 11) is 0. The summed E-state index contributed by atoms with van der Waals surface area (Å²) < 4.78 is 0. The molecule has 1 amide bonds. The van der Waals surface area contributed by atoms with Crippen LogP contribution in [0.15, 0.2) is 0 Å². The molecule has 1 N–H and O–H groups in total. The lowest BCUT2D eigenvalue weighted by atomic mass is 9.98. The fourth-order valence-electron chi connectivity index (χ4n) is 2.20. The molecule has 90 valence electrons. The van der Waals surface area contributed by atoms with Crippen LogP contribution < -0.4 is 5.32 Å². The minimum atomic E-state index is 0.0490. The molecular formula is C13H22N2O. The molecule has 0 saturated carbocycles. The molecule has 1 fully saturated rings. The van der Waals surface area contributed by atoms with Crippen molar-refractivity contribution in [3.05, 3.63) is 0 Å². The first kappa shape index (κ1) is 13.1. The summed E-state index contributed by atoms with van der Waals surface area (Å²) in [5.74, 6) is 3.31. The van der Waals surface area contributed by atoms with Crippen LogP contribution in [0.25, 0.3) is 0 Å². The van der Waals surface area contributed by atoms with Crippen LogP contribution in [0.5, 0.6) is 0 Å². The molecule has 0 aromatic heterocycles. The highest BCUT2D eigenvalue weighted by atomic mass is 16.2. The molecule has 0 aromatic rings. The van der Waals surface area contributed by atoms with Crippen molar-refractivity contribution in [3.8, 4) is 12.3 Å². The molecular weight excluding hydrogens is 200 g/mol. The summed E-state index contributed by atoms with van der Waals surface area (Å²) in [4.78, 5) is 13.7. The van der Waals surface area contributed by atoms with Gasteiger partial charge in [-0.1, -0.05) is 19.3 Å². The Hall–Kier alpha value is -1.01. The molecule has 1 rings (SSSR count). The van der Waals surface area contributed by atoms with Crippen LogP contribution >= 0.6 is 0 Å². The largest absolute Gasteiger partial charge is 0.344 e. The van der Waals surface area contributed by atoms with Crippen LogP contribution in [0.1, 0.15) is 32.6 Å². The molecule has 0 radical (unpaired) electrons. The Kier molecular flexibility index (Phi) is 5.95. The smallest absolute Gasteiger partial charge is 0.234 e. The van der Waals surface area contributed by atoms with Gasteiger partial charge < -0.3 is 5.32 Å². The Morgan fingerprint density at radius 1 is 1.50 bits per heavy atom. The van der Waals surface area contributed by atoms with Crippen molar-refractivity contribution in [2.75, 3.05) is 26.2 Å². The van der Waals surface area contributed by atoms with Crippen molar-refractivity contribution in [1.82, 2.24) is 10.2 Å². The van der Waals surface area contributed by atoms with Gasteiger partial charge in [0.1, 0.15) is 0 Å². The maximum absolute atomic E-state index is 11.5. The van der Waals surface area contributed by atoms with E-state index in [9.17, 15) is 4.79 Å². The van der Waals surface area contributed by atoms with Gasteiger partial charge in [0.2, 0.25) is 5.91 Å². The molecule has 0 aliphatic carbocycles. The maximum atomic E-state index is 11.5. The van der Waals surface area contributed by atoms with Crippen LogP contribution in [0.2, 0.25) is 0 Å². The number of hydrogen-bond donors (Lipinski definition) is 1. The highest BCUT2D eigenvalue weighted by Crippen LogP contribution is 2.19. The van der Waals surface area contributed by atoms with E-state index < -0.39 is 0 Å². The zero-order chi connectivity index (χ0) is 11.8. The Morgan fingerprint density at radius 3 is 3.00 bits per heavy atom. The van der Waals surface area contributed by atoms with Crippen LogP contribution in [-0.2, 0) is 4.79 Å². The van der Waals surface area contributed by atoms with Crippen molar-refractivity contribution in [3.63, 3.8) is 0 Å². The molecule has 0 spiro atoms. The van der Waals surface area contributed by atoms with E-state index in [1.165, 1.54) is 25.7 Å².